The topological polar surface area (TPSA) is 12.5 Å². The van der Waals surface area contributed by atoms with Gasteiger partial charge >= 0.3 is 0 Å². The van der Waals surface area contributed by atoms with E-state index >= 15 is 0 Å². The van der Waals surface area contributed by atoms with Gasteiger partial charge in [-0.05, 0) is 25.8 Å². The van der Waals surface area contributed by atoms with Gasteiger partial charge in [0.05, 0.1) is 0 Å². The Kier molecular flexibility index (Phi) is 1.76. The lowest BCUT2D eigenvalue weighted by Crippen LogP contribution is -2.24. The van der Waals surface area contributed by atoms with Gasteiger partial charge in [0.15, 0.2) is 0 Å². The second kappa shape index (κ2) is 2.40. The van der Waals surface area contributed by atoms with E-state index in [0.29, 0.717) is 0 Å². The van der Waals surface area contributed by atoms with Crippen LogP contribution >= 0.6 is 0 Å². The fraction of sp³-hybridized carbons (Fsp3) is 0.714. The van der Waals surface area contributed by atoms with Gasteiger partial charge in [-0.25, -0.2) is 0 Å². The molecule has 1 rings (SSSR count). The molecule has 0 amide bonds. The predicted octanol–water partition coefficient (Wildman–Crippen LogP) is 1.55. The maximum Gasteiger partial charge on any atom is 0.120 e. The number of allylic oxidation sites excluding steroid dienone is 1. The first-order valence-corrected chi connectivity index (χ1v) is 3.25. The fourth-order valence-corrected chi connectivity index (χ4v) is 0.859. The molecule has 0 aromatic carbocycles. The fourth-order valence-electron chi connectivity index (χ4n) is 0.859. The van der Waals surface area contributed by atoms with Crippen molar-refractivity contribution in [1.82, 2.24) is 5.06 Å². The minimum absolute atomic E-state index is 1.02. The SMILES string of the molecule is CC1=C(C)ON(C)CC1. The Labute approximate surface area is 56.1 Å². The van der Waals surface area contributed by atoms with Crippen molar-refractivity contribution >= 4 is 0 Å². The van der Waals surface area contributed by atoms with E-state index in [9.17, 15) is 0 Å². The highest BCUT2D eigenvalue weighted by Crippen LogP contribution is 2.15. The van der Waals surface area contributed by atoms with Gasteiger partial charge in [-0.2, -0.15) is 0 Å². The Hall–Kier alpha value is -0.500. The van der Waals surface area contributed by atoms with Gasteiger partial charge < -0.3 is 4.84 Å². The third-order valence-electron chi connectivity index (χ3n) is 1.70. The van der Waals surface area contributed by atoms with Crippen molar-refractivity contribution in [2.45, 2.75) is 20.3 Å². The molecular weight excluding hydrogens is 114 g/mol. The molecule has 0 radical (unpaired) electrons. The van der Waals surface area contributed by atoms with Crippen molar-refractivity contribution in [3.05, 3.63) is 11.3 Å². The van der Waals surface area contributed by atoms with E-state index in [1.807, 2.05) is 19.0 Å². The van der Waals surface area contributed by atoms with Crippen LogP contribution in [0.5, 0.6) is 0 Å². The zero-order chi connectivity index (χ0) is 6.85. The molecule has 9 heavy (non-hydrogen) atoms. The third kappa shape index (κ3) is 1.45. The van der Waals surface area contributed by atoms with Crippen LogP contribution in [0.25, 0.3) is 0 Å². The minimum atomic E-state index is 1.02. The molecule has 2 nitrogen and oxygen atoms in total. The molecule has 0 saturated heterocycles. The van der Waals surface area contributed by atoms with Gasteiger partial charge in [-0.15, -0.1) is 5.06 Å². The Morgan fingerprint density at radius 2 is 2.11 bits per heavy atom. The molecule has 0 N–H and O–H groups in total. The first-order chi connectivity index (χ1) is 4.20. The highest BCUT2D eigenvalue weighted by molar-refractivity contribution is 5.04. The zero-order valence-corrected chi connectivity index (χ0v) is 6.27. The normalized spacial score (nSPS) is 22.1. The zero-order valence-electron chi connectivity index (χ0n) is 6.27. The quantitative estimate of drug-likeness (QED) is 0.489. The average molecular weight is 127 g/mol. The van der Waals surface area contributed by atoms with Crippen molar-refractivity contribution in [3.8, 4) is 0 Å². The van der Waals surface area contributed by atoms with Gasteiger partial charge in [-0.1, -0.05) is 0 Å². The molecule has 0 saturated carbocycles. The first-order valence-electron chi connectivity index (χ1n) is 3.25. The van der Waals surface area contributed by atoms with E-state index in [4.69, 9.17) is 4.84 Å². The number of rotatable bonds is 0. The summed E-state index contributed by atoms with van der Waals surface area (Å²) in [4.78, 5) is 5.31. The maximum atomic E-state index is 5.31. The second-order valence-corrected chi connectivity index (χ2v) is 2.53. The molecule has 1 aliphatic rings. The number of hydrogen-bond acceptors (Lipinski definition) is 2. The number of nitrogens with zero attached hydrogens (tertiary/aromatic N) is 1. The molecule has 0 aliphatic carbocycles. The van der Waals surface area contributed by atoms with Crippen LogP contribution in [0, 0.1) is 0 Å². The van der Waals surface area contributed by atoms with Crippen LogP contribution in [0.2, 0.25) is 0 Å². The first kappa shape index (κ1) is 6.62. The van der Waals surface area contributed by atoms with Crippen molar-refractivity contribution in [1.29, 1.82) is 0 Å². The van der Waals surface area contributed by atoms with E-state index in [0.717, 1.165) is 18.7 Å². The summed E-state index contributed by atoms with van der Waals surface area (Å²) < 4.78 is 0. The van der Waals surface area contributed by atoms with Crippen LogP contribution in [0.4, 0.5) is 0 Å². The summed E-state index contributed by atoms with van der Waals surface area (Å²) in [6.07, 6.45) is 1.14. The molecular formula is C7H13NO. The maximum absolute atomic E-state index is 5.31. The standard InChI is InChI=1S/C7H13NO/c1-6-4-5-8(3)9-7(6)2/h4-5H2,1-3H3. The molecule has 0 spiro atoms. The van der Waals surface area contributed by atoms with E-state index < -0.39 is 0 Å². The summed E-state index contributed by atoms with van der Waals surface area (Å²) in [5.74, 6) is 1.06. The highest BCUT2D eigenvalue weighted by atomic mass is 16.7. The van der Waals surface area contributed by atoms with Crippen molar-refractivity contribution in [3.63, 3.8) is 0 Å². The van der Waals surface area contributed by atoms with Crippen LogP contribution in [0.15, 0.2) is 11.3 Å². The molecule has 0 aromatic heterocycles. The Morgan fingerprint density at radius 1 is 1.44 bits per heavy atom. The third-order valence-corrected chi connectivity index (χ3v) is 1.70. The summed E-state index contributed by atoms with van der Waals surface area (Å²) in [6, 6.07) is 0. The lowest BCUT2D eigenvalue weighted by Gasteiger charge is -2.24. The van der Waals surface area contributed by atoms with Gasteiger partial charge in [-0.3, -0.25) is 0 Å². The van der Waals surface area contributed by atoms with E-state index in [2.05, 4.69) is 6.92 Å². The summed E-state index contributed by atoms with van der Waals surface area (Å²) in [6.45, 7) is 5.14. The summed E-state index contributed by atoms with van der Waals surface area (Å²) in [5.41, 5.74) is 1.37. The summed E-state index contributed by atoms with van der Waals surface area (Å²) >= 11 is 0. The summed E-state index contributed by atoms with van der Waals surface area (Å²) in [7, 11) is 1.95. The number of hydroxylamine groups is 2. The molecule has 1 aliphatic heterocycles. The van der Waals surface area contributed by atoms with Crippen LogP contribution in [0.1, 0.15) is 20.3 Å². The Morgan fingerprint density at radius 3 is 2.56 bits per heavy atom. The van der Waals surface area contributed by atoms with Crippen molar-refractivity contribution < 1.29 is 4.84 Å². The van der Waals surface area contributed by atoms with Gasteiger partial charge in [0.2, 0.25) is 0 Å². The van der Waals surface area contributed by atoms with Crippen LogP contribution < -0.4 is 0 Å². The average Bonchev–Trinajstić information content (AvgIpc) is 1.80. The number of hydrogen-bond donors (Lipinski definition) is 0. The molecule has 52 valence electrons. The highest BCUT2D eigenvalue weighted by Gasteiger charge is 2.09. The molecule has 0 aromatic rings. The Bertz CT molecular complexity index is 140. The van der Waals surface area contributed by atoms with Gasteiger partial charge in [0, 0.05) is 13.6 Å². The molecule has 0 unspecified atom stereocenters. The molecule has 0 atom stereocenters. The van der Waals surface area contributed by atoms with Crippen LogP contribution in [-0.4, -0.2) is 18.7 Å². The summed E-state index contributed by atoms with van der Waals surface area (Å²) in [5, 5.41) is 1.86. The van der Waals surface area contributed by atoms with Crippen LogP contribution in [0.3, 0.4) is 0 Å². The molecule has 2 heteroatoms. The predicted molar refractivity (Wildman–Crippen MR) is 36.7 cm³/mol. The molecule has 1 heterocycles. The lowest BCUT2D eigenvalue weighted by atomic mass is 10.2. The monoisotopic (exact) mass is 127 g/mol. The lowest BCUT2D eigenvalue weighted by molar-refractivity contribution is -0.107. The molecule has 0 fully saturated rings. The Balaban J connectivity index is 2.61. The van der Waals surface area contributed by atoms with E-state index in [1.54, 1.807) is 0 Å². The second-order valence-electron chi connectivity index (χ2n) is 2.53. The van der Waals surface area contributed by atoms with E-state index in [-0.39, 0.29) is 0 Å². The van der Waals surface area contributed by atoms with Gasteiger partial charge in [0.1, 0.15) is 5.76 Å². The smallest absolute Gasteiger partial charge is 0.120 e. The van der Waals surface area contributed by atoms with Crippen molar-refractivity contribution in [2.24, 2.45) is 0 Å². The van der Waals surface area contributed by atoms with Crippen LogP contribution in [-0.2, 0) is 4.84 Å². The van der Waals surface area contributed by atoms with E-state index in [1.165, 1.54) is 5.57 Å². The molecule has 0 bridgehead atoms. The minimum Gasteiger partial charge on any atom is -0.411 e. The largest absolute Gasteiger partial charge is 0.411 e. The van der Waals surface area contributed by atoms with Gasteiger partial charge in [0.25, 0.3) is 0 Å². The van der Waals surface area contributed by atoms with Crippen molar-refractivity contribution in [2.75, 3.05) is 13.6 Å².